The van der Waals surface area contributed by atoms with Crippen molar-refractivity contribution in [2.24, 2.45) is 0 Å². The minimum Gasteiger partial charge on any atom is -0.378 e. The largest absolute Gasteiger partial charge is 0.378 e. The number of aromatic nitrogens is 3. The van der Waals surface area contributed by atoms with Gasteiger partial charge >= 0.3 is 0 Å². The number of nitrogens with one attached hydrogen (secondary N) is 1. The Morgan fingerprint density at radius 1 is 1.50 bits per heavy atom. The third kappa shape index (κ3) is 1.73. The molecule has 1 aliphatic heterocycles. The highest BCUT2D eigenvalue weighted by atomic mass is 79.9. The van der Waals surface area contributed by atoms with E-state index < -0.39 is 0 Å². The van der Waals surface area contributed by atoms with E-state index in [1.807, 2.05) is 22.7 Å². The summed E-state index contributed by atoms with van der Waals surface area (Å²) in [5.41, 5.74) is 0.844. The maximum absolute atomic E-state index is 5.43. The fourth-order valence-corrected chi connectivity index (χ4v) is 2.18. The van der Waals surface area contributed by atoms with Crippen molar-refractivity contribution in [2.75, 3.05) is 19.8 Å². The highest BCUT2D eigenvalue weighted by molar-refractivity contribution is 9.10. The molecular formula is C10H11BrN4O. The van der Waals surface area contributed by atoms with Crippen molar-refractivity contribution in [3.63, 3.8) is 0 Å². The number of fused-ring (bicyclic) bond motifs is 1. The van der Waals surface area contributed by atoms with Crippen molar-refractivity contribution >= 4 is 21.6 Å². The molecule has 0 aromatic carbocycles. The Balaban J connectivity index is 2.03. The van der Waals surface area contributed by atoms with E-state index >= 15 is 0 Å². The molecule has 1 aliphatic rings. The Morgan fingerprint density at radius 2 is 2.44 bits per heavy atom. The number of morpholine rings is 1. The van der Waals surface area contributed by atoms with Gasteiger partial charge in [0.2, 0.25) is 0 Å². The van der Waals surface area contributed by atoms with Crippen LogP contribution in [0.1, 0.15) is 11.9 Å². The van der Waals surface area contributed by atoms with E-state index in [1.54, 1.807) is 0 Å². The second-order valence-corrected chi connectivity index (χ2v) is 4.63. The molecule has 1 N–H and O–H groups in total. The van der Waals surface area contributed by atoms with E-state index in [2.05, 4.69) is 31.4 Å². The van der Waals surface area contributed by atoms with Crippen LogP contribution < -0.4 is 5.32 Å². The molecule has 0 radical (unpaired) electrons. The predicted molar refractivity (Wildman–Crippen MR) is 62.2 cm³/mol. The Hall–Kier alpha value is -0.980. The SMILES string of the molecule is Brc1ccn2c(C3COCCN3)nnc2c1. The smallest absolute Gasteiger partial charge is 0.161 e. The third-order valence-electron chi connectivity index (χ3n) is 2.63. The molecule has 1 saturated heterocycles. The van der Waals surface area contributed by atoms with E-state index in [9.17, 15) is 0 Å². The van der Waals surface area contributed by atoms with Gasteiger partial charge in [0.05, 0.1) is 19.3 Å². The second kappa shape index (κ2) is 4.12. The van der Waals surface area contributed by atoms with E-state index in [-0.39, 0.29) is 6.04 Å². The number of pyridine rings is 1. The summed E-state index contributed by atoms with van der Waals surface area (Å²) in [5, 5.41) is 11.7. The number of hydrogen-bond acceptors (Lipinski definition) is 4. The van der Waals surface area contributed by atoms with Crippen molar-refractivity contribution < 1.29 is 4.74 Å². The van der Waals surface area contributed by atoms with Gasteiger partial charge in [-0.1, -0.05) is 15.9 Å². The molecule has 84 valence electrons. The summed E-state index contributed by atoms with van der Waals surface area (Å²) in [6, 6.07) is 4.05. The standard InChI is InChI=1S/C10H11BrN4O/c11-7-1-3-15-9(5-7)13-14-10(15)8-6-16-4-2-12-8/h1,3,5,8,12H,2,4,6H2. The molecule has 1 unspecified atom stereocenters. The zero-order valence-electron chi connectivity index (χ0n) is 8.56. The highest BCUT2D eigenvalue weighted by Gasteiger charge is 2.20. The van der Waals surface area contributed by atoms with Crippen LogP contribution in [0, 0.1) is 0 Å². The molecule has 16 heavy (non-hydrogen) atoms. The Bertz CT molecular complexity index is 506. The maximum atomic E-state index is 5.43. The minimum absolute atomic E-state index is 0.130. The quantitative estimate of drug-likeness (QED) is 0.853. The summed E-state index contributed by atoms with van der Waals surface area (Å²) in [4.78, 5) is 0. The molecule has 0 aliphatic carbocycles. The molecule has 3 heterocycles. The highest BCUT2D eigenvalue weighted by Crippen LogP contribution is 2.17. The number of rotatable bonds is 1. The maximum Gasteiger partial charge on any atom is 0.161 e. The van der Waals surface area contributed by atoms with Gasteiger partial charge in [0.15, 0.2) is 11.5 Å². The van der Waals surface area contributed by atoms with Gasteiger partial charge in [-0.05, 0) is 12.1 Å². The second-order valence-electron chi connectivity index (χ2n) is 3.71. The topological polar surface area (TPSA) is 51.5 Å². The van der Waals surface area contributed by atoms with Crippen LogP contribution in [0.15, 0.2) is 22.8 Å². The molecular weight excluding hydrogens is 272 g/mol. The Labute approximate surface area is 101 Å². The third-order valence-corrected chi connectivity index (χ3v) is 3.12. The normalized spacial score (nSPS) is 21.4. The van der Waals surface area contributed by atoms with Gasteiger partial charge < -0.3 is 10.1 Å². The Kier molecular flexibility index (Phi) is 2.62. The fourth-order valence-electron chi connectivity index (χ4n) is 1.85. The van der Waals surface area contributed by atoms with Crippen molar-refractivity contribution in [2.45, 2.75) is 6.04 Å². The van der Waals surface area contributed by atoms with Crippen LogP contribution in [-0.2, 0) is 4.74 Å². The van der Waals surface area contributed by atoms with Gasteiger partial charge in [-0.2, -0.15) is 0 Å². The molecule has 3 rings (SSSR count). The molecule has 0 spiro atoms. The zero-order valence-corrected chi connectivity index (χ0v) is 10.1. The van der Waals surface area contributed by atoms with Crippen LogP contribution in [-0.4, -0.2) is 34.4 Å². The van der Waals surface area contributed by atoms with Crippen molar-refractivity contribution in [1.29, 1.82) is 0 Å². The number of halogens is 1. The summed E-state index contributed by atoms with van der Waals surface area (Å²) >= 11 is 3.42. The molecule has 0 amide bonds. The lowest BCUT2D eigenvalue weighted by Gasteiger charge is -2.22. The zero-order chi connectivity index (χ0) is 11.0. The monoisotopic (exact) mass is 282 g/mol. The summed E-state index contributed by atoms with van der Waals surface area (Å²) < 4.78 is 8.42. The summed E-state index contributed by atoms with van der Waals surface area (Å²) in [6.07, 6.45) is 1.96. The lowest BCUT2D eigenvalue weighted by Crippen LogP contribution is -2.35. The lowest BCUT2D eigenvalue weighted by molar-refractivity contribution is 0.0739. The van der Waals surface area contributed by atoms with E-state index in [4.69, 9.17) is 4.74 Å². The molecule has 6 heteroatoms. The van der Waals surface area contributed by atoms with Crippen LogP contribution in [0.4, 0.5) is 0 Å². The van der Waals surface area contributed by atoms with Gasteiger partial charge in [-0.25, -0.2) is 0 Å². The van der Waals surface area contributed by atoms with Gasteiger partial charge in [0.25, 0.3) is 0 Å². The van der Waals surface area contributed by atoms with E-state index in [1.165, 1.54) is 0 Å². The first kappa shape index (κ1) is 10.2. The van der Waals surface area contributed by atoms with Crippen LogP contribution in [0.2, 0.25) is 0 Å². The van der Waals surface area contributed by atoms with Crippen LogP contribution in [0.25, 0.3) is 5.65 Å². The van der Waals surface area contributed by atoms with Crippen LogP contribution in [0.5, 0.6) is 0 Å². The predicted octanol–water partition coefficient (Wildman–Crippen LogP) is 1.15. The van der Waals surface area contributed by atoms with Crippen molar-refractivity contribution in [3.05, 3.63) is 28.6 Å². The minimum atomic E-state index is 0.130. The molecule has 1 atom stereocenters. The van der Waals surface area contributed by atoms with Gasteiger partial charge in [-0.15, -0.1) is 10.2 Å². The molecule has 0 saturated carbocycles. The fraction of sp³-hybridized carbons (Fsp3) is 0.400. The van der Waals surface area contributed by atoms with E-state index in [0.29, 0.717) is 6.61 Å². The Morgan fingerprint density at radius 3 is 3.25 bits per heavy atom. The summed E-state index contributed by atoms with van der Waals surface area (Å²) in [5.74, 6) is 0.905. The molecule has 1 fully saturated rings. The molecule has 0 bridgehead atoms. The van der Waals surface area contributed by atoms with E-state index in [0.717, 1.165) is 29.1 Å². The number of ether oxygens (including phenoxy) is 1. The molecule has 2 aromatic rings. The first-order valence-corrected chi connectivity index (χ1v) is 5.95. The van der Waals surface area contributed by atoms with Gasteiger partial charge in [0, 0.05) is 17.2 Å². The lowest BCUT2D eigenvalue weighted by atomic mass is 10.2. The molecule has 5 nitrogen and oxygen atoms in total. The van der Waals surface area contributed by atoms with Gasteiger partial charge in [-0.3, -0.25) is 4.40 Å². The first-order valence-electron chi connectivity index (χ1n) is 5.16. The van der Waals surface area contributed by atoms with Gasteiger partial charge in [0.1, 0.15) is 0 Å². The number of hydrogen-bond donors (Lipinski definition) is 1. The average molecular weight is 283 g/mol. The average Bonchev–Trinajstić information content (AvgIpc) is 2.73. The molecule has 2 aromatic heterocycles. The van der Waals surface area contributed by atoms with Crippen LogP contribution in [0.3, 0.4) is 0 Å². The number of nitrogens with zero attached hydrogens (tertiary/aromatic N) is 3. The van der Waals surface area contributed by atoms with Crippen LogP contribution >= 0.6 is 15.9 Å². The van der Waals surface area contributed by atoms with Crippen molar-refractivity contribution in [1.82, 2.24) is 19.9 Å². The first-order chi connectivity index (χ1) is 7.84. The summed E-state index contributed by atoms with van der Waals surface area (Å²) in [7, 11) is 0. The van der Waals surface area contributed by atoms with Crippen molar-refractivity contribution in [3.8, 4) is 0 Å². The summed E-state index contributed by atoms with van der Waals surface area (Å²) in [6.45, 7) is 2.27.